The Balaban J connectivity index is 1.92. The molecule has 1 amide bonds. The van der Waals surface area contributed by atoms with E-state index in [-0.39, 0.29) is 17.9 Å². The fourth-order valence-corrected chi connectivity index (χ4v) is 1.62. The number of hydroxylamine groups is 1. The number of rotatable bonds is 5. The maximum atomic E-state index is 13.2. The van der Waals surface area contributed by atoms with Gasteiger partial charge in [0.2, 0.25) is 0 Å². The molecule has 4 nitrogen and oxygen atoms in total. The molecule has 20 heavy (non-hydrogen) atoms. The quantitative estimate of drug-likeness (QED) is 0.853. The van der Waals surface area contributed by atoms with Crippen molar-refractivity contribution in [1.82, 2.24) is 5.48 Å². The molecule has 0 saturated heterocycles. The van der Waals surface area contributed by atoms with Crippen LogP contribution in [0, 0.1) is 5.82 Å². The van der Waals surface area contributed by atoms with Gasteiger partial charge in [-0.25, -0.2) is 9.87 Å². The summed E-state index contributed by atoms with van der Waals surface area (Å²) in [5.41, 5.74) is 3.50. The molecule has 0 unspecified atom stereocenters. The van der Waals surface area contributed by atoms with Crippen molar-refractivity contribution in [3.63, 3.8) is 0 Å². The van der Waals surface area contributed by atoms with Crippen molar-refractivity contribution in [3.8, 4) is 5.75 Å². The molecular formula is C15H14FNO3. The first-order valence-electron chi connectivity index (χ1n) is 6.00. The summed E-state index contributed by atoms with van der Waals surface area (Å²) in [6.45, 7) is 0.255. The number of halogens is 1. The number of benzene rings is 2. The lowest BCUT2D eigenvalue weighted by Crippen LogP contribution is -2.23. The number of methoxy groups -OCH3 is 1. The van der Waals surface area contributed by atoms with Gasteiger partial charge in [0.1, 0.15) is 0 Å². The smallest absolute Gasteiger partial charge is 0.274 e. The molecule has 0 aliphatic carbocycles. The Bertz CT molecular complexity index is 587. The van der Waals surface area contributed by atoms with Crippen LogP contribution in [0.3, 0.4) is 0 Å². The minimum atomic E-state index is -0.519. The second-order valence-corrected chi connectivity index (χ2v) is 4.05. The number of carbonyl (C=O) groups is 1. The highest BCUT2D eigenvalue weighted by Crippen LogP contribution is 2.18. The van der Waals surface area contributed by atoms with Gasteiger partial charge < -0.3 is 4.74 Å². The fourth-order valence-electron chi connectivity index (χ4n) is 1.62. The largest absolute Gasteiger partial charge is 0.494 e. The summed E-state index contributed by atoms with van der Waals surface area (Å²) >= 11 is 0. The van der Waals surface area contributed by atoms with Crippen LogP contribution in [0.2, 0.25) is 0 Å². The van der Waals surface area contributed by atoms with Crippen molar-refractivity contribution in [2.75, 3.05) is 7.11 Å². The molecule has 0 radical (unpaired) electrons. The summed E-state index contributed by atoms with van der Waals surface area (Å²) in [6, 6.07) is 13.3. The molecule has 0 heterocycles. The number of nitrogens with one attached hydrogen (secondary N) is 1. The molecule has 104 valence electrons. The van der Waals surface area contributed by atoms with Crippen molar-refractivity contribution in [2.45, 2.75) is 6.61 Å². The van der Waals surface area contributed by atoms with Crippen LogP contribution in [0.4, 0.5) is 4.39 Å². The summed E-state index contributed by atoms with van der Waals surface area (Å²) in [6.07, 6.45) is 0. The third kappa shape index (κ3) is 3.55. The lowest BCUT2D eigenvalue weighted by atomic mass is 10.2. The number of carbonyl (C=O) groups excluding carboxylic acids is 1. The number of ether oxygens (including phenoxy) is 1. The van der Waals surface area contributed by atoms with Crippen molar-refractivity contribution in [1.29, 1.82) is 0 Å². The van der Waals surface area contributed by atoms with E-state index in [1.54, 1.807) is 0 Å². The highest BCUT2D eigenvalue weighted by Gasteiger charge is 2.10. The van der Waals surface area contributed by atoms with Gasteiger partial charge in [-0.05, 0) is 23.8 Å². The van der Waals surface area contributed by atoms with E-state index in [0.717, 1.165) is 5.56 Å². The number of hydrogen-bond acceptors (Lipinski definition) is 3. The summed E-state index contributed by atoms with van der Waals surface area (Å²) in [5.74, 6) is -0.964. The molecular weight excluding hydrogens is 261 g/mol. The zero-order chi connectivity index (χ0) is 14.4. The molecule has 5 heteroatoms. The van der Waals surface area contributed by atoms with Crippen LogP contribution >= 0.6 is 0 Å². The zero-order valence-electron chi connectivity index (χ0n) is 10.9. The second-order valence-electron chi connectivity index (χ2n) is 4.05. The first-order valence-corrected chi connectivity index (χ1v) is 6.00. The summed E-state index contributed by atoms with van der Waals surface area (Å²) in [5, 5.41) is 0. The van der Waals surface area contributed by atoms with Crippen molar-refractivity contribution in [2.24, 2.45) is 0 Å². The van der Waals surface area contributed by atoms with Crippen LogP contribution < -0.4 is 10.2 Å². The maximum Gasteiger partial charge on any atom is 0.274 e. The van der Waals surface area contributed by atoms with E-state index in [4.69, 9.17) is 9.57 Å². The molecule has 0 fully saturated rings. The Labute approximate surface area is 116 Å². The van der Waals surface area contributed by atoms with E-state index >= 15 is 0 Å². The molecule has 2 rings (SSSR count). The first kappa shape index (κ1) is 14.0. The van der Waals surface area contributed by atoms with Crippen LogP contribution in [-0.4, -0.2) is 13.0 Å². The fraction of sp³-hybridized carbons (Fsp3) is 0.133. The molecule has 2 aromatic rings. The van der Waals surface area contributed by atoms with Gasteiger partial charge in [0.15, 0.2) is 11.6 Å². The number of hydrogen-bond donors (Lipinski definition) is 1. The van der Waals surface area contributed by atoms with Crippen molar-refractivity contribution < 1.29 is 18.8 Å². The monoisotopic (exact) mass is 275 g/mol. The topological polar surface area (TPSA) is 47.6 Å². The molecule has 0 bridgehead atoms. The van der Waals surface area contributed by atoms with Gasteiger partial charge in [-0.2, -0.15) is 0 Å². The van der Waals surface area contributed by atoms with E-state index in [0.29, 0.717) is 0 Å². The van der Waals surface area contributed by atoms with Crippen LogP contribution in [0.25, 0.3) is 0 Å². The minimum Gasteiger partial charge on any atom is -0.494 e. The average Bonchev–Trinajstić information content (AvgIpc) is 2.48. The molecule has 1 N–H and O–H groups in total. The van der Waals surface area contributed by atoms with E-state index in [2.05, 4.69) is 5.48 Å². The van der Waals surface area contributed by atoms with Gasteiger partial charge >= 0.3 is 0 Å². The van der Waals surface area contributed by atoms with Crippen molar-refractivity contribution in [3.05, 3.63) is 65.5 Å². The van der Waals surface area contributed by atoms with E-state index in [9.17, 15) is 9.18 Å². The standard InChI is InChI=1S/C15H14FNO3/c1-19-14-9-12(7-8-13(14)16)15(18)17-20-10-11-5-3-2-4-6-11/h2-9H,10H2,1H3,(H,17,18). The second kappa shape index (κ2) is 6.68. The Kier molecular flexibility index (Phi) is 4.68. The molecule has 2 aromatic carbocycles. The zero-order valence-corrected chi connectivity index (χ0v) is 10.9. The molecule has 0 saturated carbocycles. The highest BCUT2D eigenvalue weighted by molar-refractivity contribution is 5.93. The van der Waals surface area contributed by atoms with Crippen LogP contribution in [-0.2, 0) is 11.4 Å². The normalized spacial score (nSPS) is 10.1. The first-order chi connectivity index (χ1) is 9.70. The summed E-state index contributed by atoms with van der Waals surface area (Å²) in [4.78, 5) is 16.9. The van der Waals surface area contributed by atoms with Crippen LogP contribution in [0.15, 0.2) is 48.5 Å². The van der Waals surface area contributed by atoms with Crippen LogP contribution in [0.1, 0.15) is 15.9 Å². The maximum absolute atomic E-state index is 13.2. The highest BCUT2D eigenvalue weighted by atomic mass is 19.1. The Morgan fingerprint density at radius 2 is 1.95 bits per heavy atom. The lowest BCUT2D eigenvalue weighted by molar-refractivity contribution is 0.0233. The summed E-state index contributed by atoms with van der Waals surface area (Å²) < 4.78 is 18.0. The molecule has 0 aromatic heterocycles. The molecule has 0 atom stereocenters. The predicted molar refractivity (Wildman–Crippen MR) is 71.6 cm³/mol. The average molecular weight is 275 g/mol. The predicted octanol–water partition coefficient (Wildman–Crippen LogP) is 2.70. The Morgan fingerprint density at radius 1 is 1.20 bits per heavy atom. The third-order valence-electron chi connectivity index (χ3n) is 2.66. The van der Waals surface area contributed by atoms with E-state index in [1.165, 1.54) is 25.3 Å². The van der Waals surface area contributed by atoms with E-state index in [1.807, 2.05) is 30.3 Å². The summed E-state index contributed by atoms with van der Waals surface area (Å²) in [7, 11) is 1.34. The van der Waals surface area contributed by atoms with Crippen molar-refractivity contribution >= 4 is 5.91 Å². The third-order valence-corrected chi connectivity index (χ3v) is 2.66. The van der Waals surface area contributed by atoms with Gasteiger partial charge in [-0.3, -0.25) is 9.63 Å². The molecule has 0 spiro atoms. The van der Waals surface area contributed by atoms with Crippen LogP contribution in [0.5, 0.6) is 5.75 Å². The van der Waals surface area contributed by atoms with Gasteiger partial charge in [0.05, 0.1) is 13.7 Å². The Hall–Kier alpha value is -2.40. The molecule has 0 aliphatic rings. The number of amides is 1. The van der Waals surface area contributed by atoms with Gasteiger partial charge in [-0.1, -0.05) is 30.3 Å². The SMILES string of the molecule is COc1cc(C(=O)NOCc2ccccc2)ccc1F. The minimum absolute atomic E-state index is 0.0145. The van der Waals surface area contributed by atoms with Gasteiger partial charge in [0, 0.05) is 5.56 Å². The lowest BCUT2D eigenvalue weighted by Gasteiger charge is -2.07. The molecule has 0 aliphatic heterocycles. The van der Waals surface area contributed by atoms with E-state index < -0.39 is 11.7 Å². The Morgan fingerprint density at radius 3 is 2.65 bits per heavy atom. The van der Waals surface area contributed by atoms with Gasteiger partial charge in [-0.15, -0.1) is 0 Å². The van der Waals surface area contributed by atoms with Gasteiger partial charge in [0.25, 0.3) is 5.91 Å².